The van der Waals surface area contributed by atoms with Crippen LogP contribution in [-0.4, -0.2) is 7.11 Å². The van der Waals surface area contributed by atoms with Gasteiger partial charge in [0, 0.05) is 6.54 Å². The Hall–Kier alpha value is -2.88. The van der Waals surface area contributed by atoms with Gasteiger partial charge in [-0.15, -0.1) is 0 Å². The topological polar surface area (TPSA) is 55.4 Å². The highest BCUT2D eigenvalue weighted by Gasteiger charge is 2.23. The molecule has 3 rings (SSSR count). The molecule has 0 unspecified atom stereocenters. The third-order valence-corrected chi connectivity index (χ3v) is 4.62. The zero-order valence-electron chi connectivity index (χ0n) is 14.9. The van der Waals surface area contributed by atoms with Crippen LogP contribution in [-0.2, 0) is 6.54 Å². The number of anilines is 1. The van der Waals surface area contributed by atoms with E-state index in [-0.39, 0.29) is 0 Å². The predicted octanol–water partition coefficient (Wildman–Crippen LogP) is 3.50. The quantitative estimate of drug-likeness (QED) is 0.725. The van der Waals surface area contributed by atoms with E-state index in [0.717, 1.165) is 28.0 Å². The van der Waals surface area contributed by atoms with Gasteiger partial charge in [0.2, 0.25) is 10.9 Å². The van der Waals surface area contributed by atoms with Crippen LogP contribution in [0.3, 0.4) is 0 Å². The number of rotatable bonds is 5. The smallest absolute Gasteiger partial charge is 0.250 e. The maximum atomic E-state index is 12.2. The van der Waals surface area contributed by atoms with Gasteiger partial charge in [-0.05, 0) is 60.7 Å². The summed E-state index contributed by atoms with van der Waals surface area (Å²) >= 11 is 0. The van der Waals surface area contributed by atoms with Gasteiger partial charge >= 0.3 is 0 Å². The van der Waals surface area contributed by atoms with Crippen LogP contribution in [0.4, 0.5) is 5.69 Å². The van der Waals surface area contributed by atoms with Gasteiger partial charge in [0.1, 0.15) is 5.75 Å². The van der Waals surface area contributed by atoms with Crippen LogP contribution in [0.25, 0.3) is 11.1 Å². The maximum Gasteiger partial charge on any atom is 0.250 e. The van der Waals surface area contributed by atoms with Gasteiger partial charge < -0.3 is 10.1 Å². The molecule has 0 saturated heterocycles. The largest absolute Gasteiger partial charge is 0.497 e. The van der Waals surface area contributed by atoms with Crippen molar-refractivity contribution in [1.29, 1.82) is 0 Å². The average molecular weight is 335 g/mol. The molecule has 0 aliphatic carbocycles. The predicted molar refractivity (Wildman–Crippen MR) is 101 cm³/mol. The van der Waals surface area contributed by atoms with Gasteiger partial charge in [0.25, 0.3) is 0 Å². The highest BCUT2D eigenvalue weighted by atomic mass is 16.5. The number of methoxy groups -OCH3 is 1. The highest BCUT2D eigenvalue weighted by molar-refractivity contribution is 5.84. The molecule has 4 heteroatoms. The van der Waals surface area contributed by atoms with Gasteiger partial charge in [0.05, 0.1) is 18.4 Å². The third-order valence-electron chi connectivity index (χ3n) is 4.62. The molecule has 0 spiro atoms. The van der Waals surface area contributed by atoms with Crippen molar-refractivity contribution in [2.75, 3.05) is 12.4 Å². The molecule has 0 aromatic heterocycles. The van der Waals surface area contributed by atoms with Crippen molar-refractivity contribution >= 4 is 5.69 Å². The Bertz CT molecular complexity index is 1010. The van der Waals surface area contributed by atoms with Crippen LogP contribution in [0.2, 0.25) is 0 Å². The number of aryl methyl sites for hydroxylation is 3. The fraction of sp³-hybridized carbons (Fsp3) is 0.238. The van der Waals surface area contributed by atoms with Crippen molar-refractivity contribution in [2.45, 2.75) is 27.3 Å². The van der Waals surface area contributed by atoms with Crippen molar-refractivity contribution in [3.63, 3.8) is 0 Å². The van der Waals surface area contributed by atoms with Crippen LogP contribution >= 0.6 is 0 Å². The summed E-state index contributed by atoms with van der Waals surface area (Å²) in [6.45, 7) is 6.47. The Morgan fingerprint density at radius 1 is 0.920 bits per heavy atom. The maximum absolute atomic E-state index is 12.2. The van der Waals surface area contributed by atoms with E-state index in [0.29, 0.717) is 17.8 Å². The first-order chi connectivity index (χ1) is 11.9. The summed E-state index contributed by atoms with van der Waals surface area (Å²) in [6.07, 6.45) is 0. The first kappa shape index (κ1) is 17.0. The summed E-state index contributed by atoms with van der Waals surface area (Å²) in [5.74, 6) is 0.759. The molecule has 128 valence electrons. The van der Waals surface area contributed by atoms with E-state index in [1.807, 2.05) is 57.2 Å². The molecule has 0 bridgehead atoms. The van der Waals surface area contributed by atoms with Gasteiger partial charge in [-0.1, -0.05) is 24.3 Å². The standard InChI is InChI=1S/C21H21NO3/c1-12-8-14(3)17(9-13(12)2)18-19(21(24)20(18)23)22-11-15-6-5-7-16(10-15)25-4/h5-10,22H,11H2,1-4H3. The Kier molecular flexibility index (Phi) is 4.45. The number of hydrogen-bond donors (Lipinski definition) is 1. The van der Waals surface area contributed by atoms with E-state index in [1.165, 1.54) is 5.56 Å². The van der Waals surface area contributed by atoms with E-state index in [1.54, 1.807) is 7.11 Å². The van der Waals surface area contributed by atoms with Crippen LogP contribution in [0.5, 0.6) is 5.75 Å². The van der Waals surface area contributed by atoms with E-state index in [9.17, 15) is 9.59 Å². The molecule has 0 amide bonds. The minimum Gasteiger partial charge on any atom is -0.497 e. The number of nitrogens with one attached hydrogen (secondary N) is 1. The van der Waals surface area contributed by atoms with Gasteiger partial charge in [-0.3, -0.25) is 9.59 Å². The van der Waals surface area contributed by atoms with Crippen molar-refractivity contribution in [3.8, 4) is 16.9 Å². The SMILES string of the molecule is COc1cccc(CNc2c(-c3cc(C)c(C)cc3C)c(=O)c2=O)c1. The summed E-state index contributed by atoms with van der Waals surface area (Å²) in [7, 11) is 1.61. The number of hydrogen-bond acceptors (Lipinski definition) is 4. The molecule has 3 aromatic rings. The van der Waals surface area contributed by atoms with Gasteiger partial charge in [0.15, 0.2) is 0 Å². The molecule has 0 saturated carbocycles. The first-order valence-corrected chi connectivity index (χ1v) is 8.20. The van der Waals surface area contributed by atoms with Crippen LogP contribution < -0.4 is 20.9 Å². The molecule has 0 heterocycles. The normalized spacial score (nSPS) is 10.9. The Balaban J connectivity index is 1.92. The molecule has 0 atom stereocenters. The zero-order valence-corrected chi connectivity index (χ0v) is 14.9. The van der Waals surface area contributed by atoms with Gasteiger partial charge in [-0.25, -0.2) is 0 Å². The summed E-state index contributed by atoms with van der Waals surface area (Å²) in [4.78, 5) is 24.2. The number of ether oxygens (including phenoxy) is 1. The van der Waals surface area contributed by atoms with Crippen molar-refractivity contribution < 1.29 is 4.74 Å². The van der Waals surface area contributed by atoms with E-state index >= 15 is 0 Å². The third kappa shape index (κ3) is 3.07. The second-order valence-corrected chi connectivity index (χ2v) is 6.36. The minimum absolute atomic E-state index is 0.402. The summed E-state index contributed by atoms with van der Waals surface area (Å²) in [6, 6.07) is 11.6. The zero-order chi connectivity index (χ0) is 18.1. The molecule has 3 aromatic carbocycles. The van der Waals surface area contributed by atoms with Crippen LogP contribution in [0, 0.1) is 20.8 Å². The average Bonchev–Trinajstić information content (AvgIpc) is 2.61. The van der Waals surface area contributed by atoms with E-state index in [4.69, 9.17) is 4.74 Å². The fourth-order valence-corrected chi connectivity index (χ4v) is 3.02. The molecule has 0 aliphatic heterocycles. The molecule has 0 radical (unpaired) electrons. The van der Waals surface area contributed by atoms with Gasteiger partial charge in [-0.2, -0.15) is 0 Å². The molecule has 25 heavy (non-hydrogen) atoms. The minimum atomic E-state index is -0.449. The van der Waals surface area contributed by atoms with Crippen molar-refractivity contribution in [2.24, 2.45) is 0 Å². The lowest BCUT2D eigenvalue weighted by Gasteiger charge is -2.16. The lowest BCUT2D eigenvalue weighted by atomic mass is 9.91. The lowest BCUT2D eigenvalue weighted by molar-refractivity contribution is 0.414. The van der Waals surface area contributed by atoms with Crippen LogP contribution in [0.15, 0.2) is 46.0 Å². The first-order valence-electron chi connectivity index (χ1n) is 8.20. The molecular weight excluding hydrogens is 314 g/mol. The van der Waals surface area contributed by atoms with Crippen molar-refractivity contribution in [1.82, 2.24) is 0 Å². The van der Waals surface area contributed by atoms with E-state index in [2.05, 4.69) is 5.32 Å². The second kappa shape index (κ2) is 6.55. The second-order valence-electron chi connectivity index (χ2n) is 6.36. The van der Waals surface area contributed by atoms with Crippen LogP contribution in [0.1, 0.15) is 22.3 Å². The Morgan fingerprint density at radius 3 is 2.36 bits per heavy atom. The summed E-state index contributed by atoms with van der Waals surface area (Å²) < 4.78 is 5.21. The molecule has 0 fully saturated rings. The number of benzene rings is 2. The molecule has 0 aliphatic rings. The summed E-state index contributed by atoms with van der Waals surface area (Å²) in [5, 5.41) is 3.13. The Labute approximate surface area is 146 Å². The lowest BCUT2D eigenvalue weighted by Crippen LogP contribution is -2.36. The Morgan fingerprint density at radius 2 is 1.64 bits per heavy atom. The molecular formula is C21H21NO3. The fourth-order valence-electron chi connectivity index (χ4n) is 3.02. The highest BCUT2D eigenvalue weighted by Crippen LogP contribution is 2.29. The van der Waals surface area contributed by atoms with E-state index < -0.39 is 10.9 Å². The van der Waals surface area contributed by atoms with Crippen molar-refractivity contribution in [3.05, 3.63) is 79.1 Å². The summed E-state index contributed by atoms with van der Waals surface area (Å²) in [5.41, 5.74) is 5.12. The molecule has 1 N–H and O–H groups in total. The monoisotopic (exact) mass is 335 g/mol. The molecule has 4 nitrogen and oxygen atoms in total.